The van der Waals surface area contributed by atoms with Crippen LogP contribution in [0, 0.1) is 0 Å². The first-order valence-electron chi connectivity index (χ1n) is 22.2. The minimum absolute atomic E-state index is 0.982. The Morgan fingerprint density at radius 1 is 0.333 bits per heavy atom. The Morgan fingerprint density at radius 2 is 0.889 bits per heavy atom. The van der Waals surface area contributed by atoms with Crippen molar-refractivity contribution in [1.82, 2.24) is 0 Å². The Bertz CT molecular complexity index is 3810. The third-order valence-corrected chi connectivity index (χ3v) is 13.6. The molecule has 12 aromatic rings. The van der Waals surface area contributed by atoms with Crippen LogP contribution in [0.25, 0.3) is 104 Å². The number of para-hydroxylation sites is 1. The maximum Gasteiger partial charge on any atom is 0.0500 e. The van der Waals surface area contributed by atoms with Crippen LogP contribution in [0.3, 0.4) is 0 Å². The van der Waals surface area contributed by atoms with Crippen LogP contribution in [0.5, 0.6) is 0 Å². The Balaban J connectivity index is 1.15. The maximum atomic E-state index is 2.52. The van der Waals surface area contributed by atoms with E-state index in [-0.39, 0.29) is 0 Å². The molecular weight excluding hydrogens is 759 g/mol. The van der Waals surface area contributed by atoms with Crippen molar-refractivity contribution >= 4 is 87.8 Å². The zero-order valence-electron chi connectivity index (χ0n) is 34.7. The van der Waals surface area contributed by atoms with Gasteiger partial charge in [0.25, 0.3) is 0 Å². The monoisotopic (exact) mass is 799 g/mol. The zero-order valence-corrected chi connectivity index (χ0v) is 34.7. The zero-order chi connectivity index (χ0) is 41.4. The normalized spacial score (nSPS) is 12.4. The summed E-state index contributed by atoms with van der Waals surface area (Å²) in [4.78, 5) is 2.52. The predicted molar refractivity (Wildman–Crippen MR) is 270 cm³/mol. The van der Waals surface area contributed by atoms with Crippen molar-refractivity contribution < 1.29 is 0 Å². The summed E-state index contributed by atoms with van der Waals surface area (Å²) in [5, 5.41) is 17.0. The van der Waals surface area contributed by atoms with Gasteiger partial charge in [-0.05, 0) is 158 Å². The Labute approximate surface area is 366 Å². The summed E-state index contributed by atoms with van der Waals surface area (Å²) in [6.07, 6.45) is 4.47. The molecule has 12 aromatic carbocycles. The molecule has 0 fully saturated rings. The van der Waals surface area contributed by atoms with Crippen molar-refractivity contribution in [2.45, 2.75) is 12.8 Å². The lowest BCUT2D eigenvalue weighted by Gasteiger charge is -2.30. The molecule has 63 heavy (non-hydrogen) atoms. The smallest absolute Gasteiger partial charge is 0.0500 e. The third-order valence-electron chi connectivity index (χ3n) is 13.6. The van der Waals surface area contributed by atoms with Gasteiger partial charge in [0.2, 0.25) is 0 Å². The molecule has 0 atom stereocenters. The molecule has 13 rings (SSSR count). The average Bonchev–Trinajstić information content (AvgIpc) is 3.36. The molecule has 1 nitrogen and oxygen atoms in total. The number of hydrogen-bond donors (Lipinski definition) is 0. The second kappa shape index (κ2) is 14.3. The standard InChI is InChI=1S/C62H41N/c1-5-18-40(19-6-1)54-39-55(41-20-7-2-8-21-41)61-47-29-14-13-28-46(47)56-38-45(34-35-52(56)62(61)59(54)43-22-9-3-10-23-43)63(44-26-11-4-12-27-44)57-37-36-51-49-31-16-25-42-24-15-30-48(58(42)49)50-32-17-33-53(57)60(50)51/h1-16,18-32,34-39H,17,33H2. The van der Waals surface area contributed by atoms with Crippen molar-refractivity contribution in [1.29, 1.82) is 0 Å². The molecule has 0 N–H and O–H groups in total. The summed E-state index contributed by atoms with van der Waals surface area (Å²) in [5.41, 5.74) is 12.3. The molecule has 0 radical (unpaired) electrons. The highest BCUT2D eigenvalue weighted by molar-refractivity contribution is 6.33. The van der Waals surface area contributed by atoms with Crippen LogP contribution in [-0.2, 0) is 6.42 Å². The van der Waals surface area contributed by atoms with Gasteiger partial charge in [0.15, 0.2) is 0 Å². The molecular formula is C62H41N. The second-order valence-corrected chi connectivity index (χ2v) is 17.0. The van der Waals surface area contributed by atoms with Gasteiger partial charge in [0.05, 0.1) is 0 Å². The lowest BCUT2D eigenvalue weighted by Crippen LogP contribution is -2.17. The number of anilines is 3. The summed E-state index contributed by atoms with van der Waals surface area (Å²) in [6.45, 7) is 0. The van der Waals surface area contributed by atoms with Crippen molar-refractivity contribution in [3.8, 4) is 33.4 Å². The van der Waals surface area contributed by atoms with E-state index in [0.29, 0.717) is 0 Å². The van der Waals surface area contributed by atoms with Gasteiger partial charge in [-0.1, -0.05) is 188 Å². The van der Waals surface area contributed by atoms with Gasteiger partial charge in [0, 0.05) is 17.1 Å². The molecule has 1 aliphatic carbocycles. The molecule has 0 spiro atoms. The molecule has 0 heterocycles. The van der Waals surface area contributed by atoms with E-state index < -0.39 is 0 Å². The van der Waals surface area contributed by atoms with E-state index in [9.17, 15) is 0 Å². The fraction of sp³-hybridized carbons (Fsp3) is 0.0323. The summed E-state index contributed by atoms with van der Waals surface area (Å²) >= 11 is 0. The molecule has 0 amide bonds. The number of hydrogen-bond acceptors (Lipinski definition) is 1. The fourth-order valence-corrected chi connectivity index (χ4v) is 11.0. The molecule has 0 bridgehead atoms. The lowest BCUT2D eigenvalue weighted by atomic mass is 9.81. The van der Waals surface area contributed by atoms with E-state index in [1.54, 1.807) is 0 Å². The first-order chi connectivity index (χ1) is 31.3. The van der Waals surface area contributed by atoms with E-state index in [1.165, 1.54) is 114 Å². The molecule has 0 aliphatic heterocycles. The molecule has 0 unspecified atom stereocenters. The van der Waals surface area contributed by atoms with Gasteiger partial charge in [0.1, 0.15) is 0 Å². The van der Waals surface area contributed by atoms with Gasteiger partial charge in [-0.15, -0.1) is 0 Å². The van der Waals surface area contributed by atoms with Gasteiger partial charge in [-0.2, -0.15) is 0 Å². The summed E-state index contributed by atoms with van der Waals surface area (Å²) < 4.78 is 0. The third kappa shape index (κ3) is 5.50. The number of nitrogens with zero attached hydrogens (tertiary/aromatic N) is 1. The number of benzene rings is 12. The van der Waals surface area contributed by atoms with Gasteiger partial charge >= 0.3 is 0 Å². The molecule has 0 aromatic heterocycles. The first kappa shape index (κ1) is 35.7. The largest absolute Gasteiger partial charge is 0.310 e. The highest BCUT2D eigenvalue weighted by Crippen LogP contribution is 2.51. The minimum atomic E-state index is 0.982. The van der Waals surface area contributed by atoms with Gasteiger partial charge in [-0.25, -0.2) is 0 Å². The van der Waals surface area contributed by atoms with E-state index in [0.717, 1.165) is 24.2 Å². The van der Waals surface area contributed by atoms with Crippen molar-refractivity contribution in [2.75, 3.05) is 4.90 Å². The van der Waals surface area contributed by atoms with Gasteiger partial charge < -0.3 is 4.90 Å². The highest BCUT2D eigenvalue weighted by atomic mass is 15.1. The van der Waals surface area contributed by atoms with Crippen LogP contribution in [0.1, 0.15) is 12.0 Å². The van der Waals surface area contributed by atoms with Gasteiger partial charge in [-0.3, -0.25) is 0 Å². The topological polar surface area (TPSA) is 3.24 Å². The Morgan fingerprint density at radius 3 is 1.62 bits per heavy atom. The van der Waals surface area contributed by atoms with Crippen LogP contribution in [0.2, 0.25) is 0 Å². The van der Waals surface area contributed by atoms with Crippen LogP contribution in [0.15, 0.2) is 218 Å². The van der Waals surface area contributed by atoms with Crippen molar-refractivity contribution in [2.24, 2.45) is 0 Å². The average molecular weight is 800 g/mol. The second-order valence-electron chi connectivity index (χ2n) is 17.0. The fourth-order valence-electron chi connectivity index (χ4n) is 11.0. The Hall–Kier alpha value is -8.00. The number of rotatable bonds is 6. The SMILES string of the molecule is C1=c2c3cccc4cccc(c5ccc(N(c6ccccc6)c6ccc7c(c6)c6ccccc6c6c(-c8ccccc8)cc(-c8ccccc8)c(-c8ccccc8)c76)c(c25)CC1)c43. The van der Waals surface area contributed by atoms with Crippen LogP contribution in [0.4, 0.5) is 17.1 Å². The van der Waals surface area contributed by atoms with E-state index in [2.05, 4.69) is 229 Å². The van der Waals surface area contributed by atoms with E-state index in [4.69, 9.17) is 0 Å². The highest BCUT2D eigenvalue weighted by Gasteiger charge is 2.25. The maximum absolute atomic E-state index is 2.52. The quantitative estimate of drug-likeness (QED) is 0.120. The minimum Gasteiger partial charge on any atom is -0.310 e. The lowest BCUT2D eigenvalue weighted by molar-refractivity contribution is 1.03. The van der Waals surface area contributed by atoms with Crippen molar-refractivity contribution in [3.63, 3.8) is 0 Å². The summed E-state index contributed by atoms with van der Waals surface area (Å²) in [6, 6.07) is 81.0. The summed E-state index contributed by atoms with van der Waals surface area (Å²) in [7, 11) is 0. The van der Waals surface area contributed by atoms with Crippen LogP contribution >= 0.6 is 0 Å². The molecule has 0 saturated carbocycles. The molecule has 1 aliphatic rings. The predicted octanol–water partition coefficient (Wildman–Crippen LogP) is 16.5. The van der Waals surface area contributed by atoms with Crippen LogP contribution in [-0.4, -0.2) is 0 Å². The van der Waals surface area contributed by atoms with E-state index in [1.807, 2.05) is 0 Å². The number of aryl methyl sites for hydroxylation is 1. The molecule has 1 heteroatoms. The number of fused-ring (bicyclic) bond motifs is 8. The molecule has 294 valence electrons. The Kier molecular flexibility index (Phi) is 8.11. The van der Waals surface area contributed by atoms with Crippen LogP contribution < -0.4 is 10.1 Å². The molecule has 0 saturated heterocycles. The first-order valence-corrected chi connectivity index (χ1v) is 22.2. The summed E-state index contributed by atoms with van der Waals surface area (Å²) in [5.74, 6) is 0. The van der Waals surface area contributed by atoms with E-state index >= 15 is 0 Å². The van der Waals surface area contributed by atoms with Crippen molar-refractivity contribution in [3.05, 3.63) is 229 Å².